The van der Waals surface area contributed by atoms with E-state index in [2.05, 4.69) is 9.11 Å². The summed E-state index contributed by atoms with van der Waals surface area (Å²) in [6, 6.07) is 7.78. The summed E-state index contributed by atoms with van der Waals surface area (Å²) < 4.78 is 8.85. The van der Waals surface area contributed by atoms with Crippen molar-refractivity contribution in [3.8, 4) is 0 Å². The Morgan fingerprint density at radius 1 is 1.50 bits per heavy atom. The van der Waals surface area contributed by atoms with E-state index in [1.165, 1.54) is 18.6 Å². The van der Waals surface area contributed by atoms with Gasteiger partial charge in [0.25, 0.3) is 0 Å². The maximum absolute atomic E-state index is 11.1. The number of hydrogen-bond donors (Lipinski definition) is 0. The molecule has 1 aromatic heterocycles. The highest BCUT2D eigenvalue weighted by Crippen LogP contribution is 2.22. The van der Waals surface area contributed by atoms with Crippen LogP contribution in [0, 0.1) is 0 Å². The Kier molecular flexibility index (Phi) is 2.45. The van der Waals surface area contributed by atoms with Crippen molar-refractivity contribution in [1.82, 2.24) is 4.37 Å². The van der Waals surface area contributed by atoms with Crippen LogP contribution in [0.3, 0.4) is 0 Å². The molecule has 0 unspecified atom stereocenters. The van der Waals surface area contributed by atoms with Gasteiger partial charge in [0.15, 0.2) is 0 Å². The zero-order valence-corrected chi connectivity index (χ0v) is 8.50. The zero-order chi connectivity index (χ0) is 9.97. The van der Waals surface area contributed by atoms with Gasteiger partial charge >= 0.3 is 5.97 Å². The van der Waals surface area contributed by atoms with E-state index in [4.69, 9.17) is 0 Å². The Morgan fingerprint density at radius 2 is 2.29 bits per heavy atom. The second-order valence-corrected chi connectivity index (χ2v) is 3.73. The van der Waals surface area contributed by atoms with Crippen LogP contribution in [-0.4, -0.2) is 17.5 Å². The van der Waals surface area contributed by atoms with E-state index in [1.807, 2.05) is 24.3 Å². The molecule has 0 N–H and O–H groups in total. The van der Waals surface area contributed by atoms with Gasteiger partial charge in [-0.2, -0.15) is 4.37 Å². The number of methoxy groups -OCH3 is 1. The molecule has 0 amide bonds. The van der Waals surface area contributed by atoms with Gasteiger partial charge in [-0.15, -0.1) is 0 Å². The maximum atomic E-state index is 11.1. The van der Waals surface area contributed by atoms with Crippen LogP contribution >= 0.6 is 11.5 Å². The van der Waals surface area contributed by atoms with E-state index >= 15 is 0 Å². The van der Waals surface area contributed by atoms with Crippen molar-refractivity contribution in [2.24, 2.45) is 0 Å². The van der Waals surface area contributed by atoms with Crippen LogP contribution in [0.15, 0.2) is 24.3 Å². The van der Waals surface area contributed by atoms with Crippen molar-refractivity contribution in [2.45, 2.75) is 6.42 Å². The quantitative estimate of drug-likeness (QED) is 0.707. The van der Waals surface area contributed by atoms with Crippen LogP contribution in [0.1, 0.15) is 4.88 Å². The fourth-order valence-corrected chi connectivity index (χ4v) is 2.09. The molecule has 0 saturated heterocycles. The number of carbonyl (C=O) groups is 1. The fraction of sp³-hybridized carbons (Fsp3) is 0.200. The molecule has 0 aliphatic rings. The Morgan fingerprint density at radius 3 is 3.07 bits per heavy atom. The SMILES string of the molecule is COC(=O)Cc1snc2ccccc12. The van der Waals surface area contributed by atoms with Crippen LogP contribution in [-0.2, 0) is 16.0 Å². The topological polar surface area (TPSA) is 39.2 Å². The smallest absolute Gasteiger partial charge is 0.310 e. The highest BCUT2D eigenvalue weighted by atomic mass is 32.1. The van der Waals surface area contributed by atoms with Gasteiger partial charge in [0.05, 0.1) is 19.0 Å². The maximum Gasteiger partial charge on any atom is 0.310 e. The van der Waals surface area contributed by atoms with Gasteiger partial charge in [-0.1, -0.05) is 18.2 Å². The second kappa shape index (κ2) is 3.75. The number of carbonyl (C=O) groups excluding carboxylic acids is 1. The summed E-state index contributed by atoms with van der Waals surface area (Å²) >= 11 is 1.36. The third-order valence-corrected chi connectivity index (χ3v) is 2.86. The van der Waals surface area contributed by atoms with E-state index in [0.717, 1.165) is 15.8 Å². The van der Waals surface area contributed by atoms with Crippen molar-refractivity contribution in [1.29, 1.82) is 0 Å². The molecule has 0 saturated carbocycles. The van der Waals surface area contributed by atoms with Gasteiger partial charge in [-0.05, 0) is 17.6 Å². The molecule has 0 fully saturated rings. The summed E-state index contributed by atoms with van der Waals surface area (Å²) in [6.45, 7) is 0. The van der Waals surface area contributed by atoms with E-state index in [0.29, 0.717) is 6.42 Å². The third kappa shape index (κ3) is 1.61. The van der Waals surface area contributed by atoms with Crippen molar-refractivity contribution < 1.29 is 9.53 Å². The van der Waals surface area contributed by atoms with E-state index in [9.17, 15) is 4.79 Å². The minimum Gasteiger partial charge on any atom is -0.469 e. The van der Waals surface area contributed by atoms with Crippen molar-refractivity contribution >= 4 is 28.4 Å². The summed E-state index contributed by atoms with van der Waals surface area (Å²) in [4.78, 5) is 12.0. The summed E-state index contributed by atoms with van der Waals surface area (Å²) in [5.74, 6) is -0.223. The molecule has 0 spiro atoms. The molecule has 2 aromatic rings. The number of rotatable bonds is 2. The molecule has 0 radical (unpaired) electrons. The summed E-state index contributed by atoms with van der Waals surface area (Å²) in [6.07, 6.45) is 0.307. The van der Waals surface area contributed by atoms with Gasteiger partial charge in [-0.3, -0.25) is 4.79 Å². The van der Waals surface area contributed by atoms with Crippen LogP contribution in [0.4, 0.5) is 0 Å². The molecule has 0 aliphatic carbocycles. The molecule has 0 bridgehead atoms. The van der Waals surface area contributed by atoms with Gasteiger partial charge in [0.1, 0.15) is 0 Å². The minimum absolute atomic E-state index is 0.223. The van der Waals surface area contributed by atoms with Gasteiger partial charge in [-0.25, -0.2) is 0 Å². The normalized spacial score (nSPS) is 10.4. The number of nitrogens with zero attached hydrogens (tertiary/aromatic N) is 1. The third-order valence-electron chi connectivity index (χ3n) is 1.99. The van der Waals surface area contributed by atoms with E-state index in [1.54, 1.807) is 0 Å². The highest BCUT2D eigenvalue weighted by molar-refractivity contribution is 7.07. The molecular formula is C10H9NO2S. The number of fused-ring (bicyclic) bond motifs is 1. The summed E-state index contributed by atoms with van der Waals surface area (Å²) in [5, 5.41) is 1.04. The van der Waals surface area contributed by atoms with Crippen molar-refractivity contribution in [2.75, 3.05) is 7.11 Å². The summed E-state index contributed by atoms with van der Waals surface area (Å²) in [5.41, 5.74) is 0.941. The first-order chi connectivity index (χ1) is 6.81. The first kappa shape index (κ1) is 9.15. The number of hydrogen-bond acceptors (Lipinski definition) is 4. The Labute approximate surface area is 85.5 Å². The van der Waals surface area contributed by atoms with Gasteiger partial charge < -0.3 is 4.74 Å². The lowest BCUT2D eigenvalue weighted by Crippen LogP contribution is -2.02. The first-order valence-corrected chi connectivity index (χ1v) is 4.98. The number of ether oxygens (including phenoxy) is 1. The lowest BCUT2D eigenvalue weighted by Gasteiger charge is -1.95. The molecule has 1 aromatic carbocycles. The average Bonchev–Trinajstić information content (AvgIpc) is 2.62. The zero-order valence-electron chi connectivity index (χ0n) is 7.69. The van der Waals surface area contributed by atoms with Gasteiger partial charge in [0, 0.05) is 10.3 Å². The van der Waals surface area contributed by atoms with Crippen LogP contribution in [0.25, 0.3) is 10.9 Å². The number of esters is 1. The first-order valence-electron chi connectivity index (χ1n) is 4.21. The molecule has 0 atom stereocenters. The standard InChI is InChI=1S/C10H9NO2S/c1-13-10(12)6-9-7-4-2-3-5-8(7)11-14-9/h2-5H,6H2,1H3. The average molecular weight is 207 g/mol. The summed E-state index contributed by atoms with van der Waals surface area (Å²) in [7, 11) is 1.39. The van der Waals surface area contributed by atoms with Crippen LogP contribution in [0.5, 0.6) is 0 Å². The van der Waals surface area contributed by atoms with Crippen molar-refractivity contribution in [3.05, 3.63) is 29.1 Å². The Bertz CT molecular complexity index is 464. The predicted molar refractivity (Wildman–Crippen MR) is 55.3 cm³/mol. The molecule has 2 rings (SSSR count). The van der Waals surface area contributed by atoms with E-state index < -0.39 is 0 Å². The molecule has 14 heavy (non-hydrogen) atoms. The molecule has 72 valence electrons. The highest BCUT2D eigenvalue weighted by Gasteiger charge is 2.09. The van der Waals surface area contributed by atoms with Gasteiger partial charge in [0.2, 0.25) is 0 Å². The molecule has 3 nitrogen and oxygen atoms in total. The number of benzene rings is 1. The van der Waals surface area contributed by atoms with Crippen LogP contribution < -0.4 is 0 Å². The molecule has 4 heteroatoms. The predicted octanol–water partition coefficient (Wildman–Crippen LogP) is 2.01. The molecular weight excluding hydrogens is 198 g/mol. The molecule has 1 heterocycles. The van der Waals surface area contributed by atoms with E-state index in [-0.39, 0.29) is 5.97 Å². The van der Waals surface area contributed by atoms with Crippen molar-refractivity contribution in [3.63, 3.8) is 0 Å². The second-order valence-electron chi connectivity index (χ2n) is 2.88. The minimum atomic E-state index is -0.223. The monoisotopic (exact) mass is 207 g/mol. The van der Waals surface area contributed by atoms with Crippen LogP contribution in [0.2, 0.25) is 0 Å². The largest absolute Gasteiger partial charge is 0.469 e. The Balaban J connectivity index is 2.38. The lowest BCUT2D eigenvalue weighted by molar-refractivity contribution is -0.139. The molecule has 0 aliphatic heterocycles. The Hall–Kier alpha value is -1.42. The lowest BCUT2D eigenvalue weighted by atomic mass is 10.2. The fourth-order valence-electron chi connectivity index (χ4n) is 1.27. The number of aromatic nitrogens is 1.